The highest BCUT2D eigenvalue weighted by Gasteiger charge is 2.12. The van der Waals surface area contributed by atoms with E-state index < -0.39 is 5.97 Å². The number of aliphatic imine (C=N–C) groups is 1. The molecule has 0 aliphatic rings. The molecular formula is C15H17N3O3. The Hall–Kier alpha value is -2.63. The summed E-state index contributed by atoms with van der Waals surface area (Å²) >= 11 is 0. The number of aromatic nitrogens is 2. The van der Waals surface area contributed by atoms with Crippen LogP contribution in [-0.2, 0) is 16.0 Å². The SMILES string of the molecule is CCOC(=O)Cc1[nH][nH]c(=O)c1C=Nc1ccc(C)cc1. The highest BCUT2D eigenvalue weighted by molar-refractivity contribution is 5.85. The number of H-pyrrole nitrogens is 2. The Bertz CT molecular complexity index is 696. The average Bonchev–Trinajstić information content (AvgIpc) is 2.79. The average molecular weight is 287 g/mol. The number of rotatable bonds is 5. The first-order valence-corrected chi connectivity index (χ1v) is 6.66. The van der Waals surface area contributed by atoms with Crippen molar-refractivity contribution in [2.45, 2.75) is 20.3 Å². The normalized spacial score (nSPS) is 11.0. The van der Waals surface area contributed by atoms with Gasteiger partial charge in [0.2, 0.25) is 0 Å². The van der Waals surface area contributed by atoms with Crippen LogP contribution in [0.15, 0.2) is 34.1 Å². The van der Waals surface area contributed by atoms with Crippen molar-refractivity contribution in [3.05, 3.63) is 51.4 Å². The second kappa shape index (κ2) is 6.69. The zero-order chi connectivity index (χ0) is 15.2. The molecule has 0 saturated heterocycles. The molecule has 21 heavy (non-hydrogen) atoms. The van der Waals surface area contributed by atoms with Crippen molar-refractivity contribution >= 4 is 17.9 Å². The maximum absolute atomic E-state index is 11.7. The molecule has 0 unspecified atom stereocenters. The zero-order valence-electron chi connectivity index (χ0n) is 12.0. The fraction of sp³-hybridized carbons (Fsp3) is 0.267. The van der Waals surface area contributed by atoms with E-state index in [4.69, 9.17) is 4.74 Å². The molecule has 0 spiro atoms. The van der Waals surface area contributed by atoms with Gasteiger partial charge in [-0.25, -0.2) is 0 Å². The Morgan fingerprint density at radius 1 is 1.29 bits per heavy atom. The predicted molar refractivity (Wildman–Crippen MR) is 80.2 cm³/mol. The van der Waals surface area contributed by atoms with Crippen LogP contribution in [0.4, 0.5) is 5.69 Å². The van der Waals surface area contributed by atoms with Crippen molar-refractivity contribution in [2.24, 2.45) is 4.99 Å². The number of hydrogen-bond acceptors (Lipinski definition) is 4. The molecular weight excluding hydrogens is 270 g/mol. The van der Waals surface area contributed by atoms with Gasteiger partial charge in [0.25, 0.3) is 5.56 Å². The molecule has 0 aliphatic heterocycles. The highest BCUT2D eigenvalue weighted by atomic mass is 16.5. The van der Waals surface area contributed by atoms with Gasteiger partial charge in [-0.3, -0.25) is 19.7 Å². The highest BCUT2D eigenvalue weighted by Crippen LogP contribution is 2.12. The molecule has 2 rings (SSSR count). The summed E-state index contributed by atoms with van der Waals surface area (Å²) in [5.74, 6) is -0.391. The summed E-state index contributed by atoms with van der Waals surface area (Å²) in [6.45, 7) is 4.03. The van der Waals surface area contributed by atoms with Crippen molar-refractivity contribution in [3.8, 4) is 0 Å². The third-order valence-corrected chi connectivity index (χ3v) is 2.90. The Morgan fingerprint density at radius 3 is 2.67 bits per heavy atom. The number of benzene rings is 1. The van der Waals surface area contributed by atoms with E-state index in [9.17, 15) is 9.59 Å². The predicted octanol–water partition coefficient (Wildman–Crippen LogP) is 1.87. The second-order valence-electron chi connectivity index (χ2n) is 4.55. The van der Waals surface area contributed by atoms with E-state index in [0.29, 0.717) is 17.9 Å². The Balaban J connectivity index is 2.19. The van der Waals surface area contributed by atoms with Crippen LogP contribution in [0.5, 0.6) is 0 Å². The van der Waals surface area contributed by atoms with Crippen LogP contribution in [0.2, 0.25) is 0 Å². The van der Waals surface area contributed by atoms with Gasteiger partial charge >= 0.3 is 5.97 Å². The standard InChI is InChI=1S/C15H17N3O3/c1-3-21-14(19)8-13-12(15(20)18-17-13)9-16-11-6-4-10(2)5-7-11/h4-7,9H,3,8H2,1-2H3,(H2,17,18,20). The van der Waals surface area contributed by atoms with Gasteiger partial charge in [0.1, 0.15) is 0 Å². The van der Waals surface area contributed by atoms with Crippen LogP contribution >= 0.6 is 0 Å². The molecule has 0 aliphatic carbocycles. The molecule has 1 aromatic carbocycles. The first-order valence-electron chi connectivity index (χ1n) is 6.66. The van der Waals surface area contributed by atoms with Gasteiger partial charge in [0.15, 0.2) is 0 Å². The molecule has 0 bridgehead atoms. The summed E-state index contributed by atoms with van der Waals surface area (Å²) in [6.07, 6.45) is 1.45. The lowest BCUT2D eigenvalue weighted by atomic mass is 10.2. The largest absolute Gasteiger partial charge is 0.466 e. The third kappa shape index (κ3) is 3.92. The van der Waals surface area contributed by atoms with Gasteiger partial charge < -0.3 is 9.84 Å². The van der Waals surface area contributed by atoms with Crippen LogP contribution in [0.1, 0.15) is 23.7 Å². The number of esters is 1. The number of nitrogens with one attached hydrogen (secondary N) is 2. The fourth-order valence-electron chi connectivity index (χ4n) is 1.81. The number of ether oxygens (including phenoxy) is 1. The molecule has 0 saturated carbocycles. The molecule has 0 radical (unpaired) electrons. The summed E-state index contributed by atoms with van der Waals surface area (Å²) in [5.41, 5.74) is 2.36. The molecule has 0 atom stereocenters. The van der Waals surface area contributed by atoms with E-state index in [-0.39, 0.29) is 12.0 Å². The van der Waals surface area contributed by atoms with Crippen LogP contribution in [0.3, 0.4) is 0 Å². The third-order valence-electron chi connectivity index (χ3n) is 2.90. The lowest BCUT2D eigenvalue weighted by molar-refractivity contribution is -0.142. The Morgan fingerprint density at radius 2 is 2.00 bits per heavy atom. The first-order chi connectivity index (χ1) is 10.1. The lowest BCUT2D eigenvalue weighted by Gasteiger charge is -2.00. The molecule has 1 aromatic heterocycles. The van der Waals surface area contributed by atoms with Crippen molar-refractivity contribution in [1.29, 1.82) is 0 Å². The number of aromatic amines is 2. The molecule has 0 amide bonds. The summed E-state index contributed by atoms with van der Waals surface area (Å²) in [7, 11) is 0. The van der Waals surface area contributed by atoms with Crippen LogP contribution in [0, 0.1) is 6.92 Å². The molecule has 110 valence electrons. The Labute approximate surface area is 121 Å². The smallest absolute Gasteiger partial charge is 0.311 e. The summed E-state index contributed by atoms with van der Waals surface area (Å²) in [6, 6.07) is 7.59. The van der Waals surface area contributed by atoms with E-state index in [0.717, 1.165) is 11.3 Å². The van der Waals surface area contributed by atoms with Crippen molar-refractivity contribution in [3.63, 3.8) is 0 Å². The first kappa shape index (κ1) is 14.8. The maximum atomic E-state index is 11.7. The fourth-order valence-corrected chi connectivity index (χ4v) is 1.81. The van der Waals surface area contributed by atoms with Crippen LogP contribution in [0.25, 0.3) is 0 Å². The number of aryl methyl sites for hydroxylation is 1. The Kier molecular flexibility index (Phi) is 4.71. The molecule has 2 aromatic rings. The van der Waals surface area contributed by atoms with Gasteiger partial charge in [-0.1, -0.05) is 17.7 Å². The minimum absolute atomic E-state index is 0.00182. The van der Waals surface area contributed by atoms with Crippen molar-refractivity contribution in [1.82, 2.24) is 10.2 Å². The van der Waals surface area contributed by atoms with E-state index in [1.807, 2.05) is 31.2 Å². The van der Waals surface area contributed by atoms with E-state index >= 15 is 0 Å². The van der Waals surface area contributed by atoms with Gasteiger partial charge in [0.05, 0.1) is 30.0 Å². The van der Waals surface area contributed by atoms with Gasteiger partial charge in [-0.05, 0) is 26.0 Å². The van der Waals surface area contributed by atoms with Gasteiger partial charge in [0, 0.05) is 6.21 Å². The molecule has 0 fully saturated rings. The van der Waals surface area contributed by atoms with E-state index in [2.05, 4.69) is 15.2 Å². The maximum Gasteiger partial charge on any atom is 0.311 e. The van der Waals surface area contributed by atoms with Crippen LogP contribution < -0.4 is 5.56 Å². The van der Waals surface area contributed by atoms with Crippen LogP contribution in [-0.4, -0.2) is 29.0 Å². The molecule has 1 heterocycles. The van der Waals surface area contributed by atoms with Gasteiger partial charge in [-0.15, -0.1) is 0 Å². The monoisotopic (exact) mass is 287 g/mol. The van der Waals surface area contributed by atoms with Gasteiger partial charge in [-0.2, -0.15) is 0 Å². The van der Waals surface area contributed by atoms with Crippen molar-refractivity contribution < 1.29 is 9.53 Å². The minimum atomic E-state index is -0.391. The van der Waals surface area contributed by atoms with E-state index in [1.165, 1.54) is 6.21 Å². The summed E-state index contributed by atoms with van der Waals surface area (Å²) < 4.78 is 4.87. The summed E-state index contributed by atoms with van der Waals surface area (Å²) in [4.78, 5) is 27.5. The second-order valence-corrected chi connectivity index (χ2v) is 4.55. The molecule has 2 N–H and O–H groups in total. The molecule has 6 heteroatoms. The lowest BCUT2D eigenvalue weighted by Crippen LogP contribution is -2.11. The number of hydrogen-bond donors (Lipinski definition) is 2. The zero-order valence-corrected chi connectivity index (χ0v) is 12.0. The minimum Gasteiger partial charge on any atom is -0.466 e. The summed E-state index contributed by atoms with van der Waals surface area (Å²) in [5, 5.41) is 5.13. The number of carbonyl (C=O) groups is 1. The number of nitrogens with zero attached hydrogens (tertiary/aromatic N) is 1. The number of carbonyl (C=O) groups excluding carboxylic acids is 1. The van der Waals surface area contributed by atoms with Crippen molar-refractivity contribution in [2.75, 3.05) is 6.61 Å². The molecule has 6 nitrogen and oxygen atoms in total. The van der Waals surface area contributed by atoms with E-state index in [1.54, 1.807) is 6.92 Å². The quantitative estimate of drug-likeness (QED) is 0.650. The topological polar surface area (TPSA) is 87.3 Å².